The Morgan fingerprint density at radius 3 is 2.18 bits per heavy atom. The van der Waals surface area contributed by atoms with E-state index in [4.69, 9.17) is 0 Å². The van der Waals surface area contributed by atoms with E-state index in [0.717, 1.165) is 44.3 Å². The van der Waals surface area contributed by atoms with E-state index in [-0.39, 0.29) is 42.1 Å². The Morgan fingerprint density at radius 2 is 1.64 bits per heavy atom. The minimum Gasteiger partial charge on any atom is -0.353 e. The van der Waals surface area contributed by atoms with Crippen LogP contribution in [0.5, 0.6) is 0 Å². The molecule has 6 nitrogen and oxygen atoms in total. The summed E-state index contributed by atoms with van der Waals surface area (Å²) in [5.74, 6) is -1.00. The SMILES string of the molecule is CCN(CC)C(CNC(=O)CN1C(=O)C2CCCCC2C1=O)c1ccccc1. The second-order valence-corrected chi connectivity index (χ2v) is 7.71. The Bertz CT molecular complexity index is 678. The van der Waals surface area contributed by atoms with Crippen LogP contribution >= 0.6 is 0 Å². The standard InChI is InChI=1S/C22H31N3O3/c1-3-24(4-2)19(16-10-6-5-7-11-16)14-23-20(26)15-25-21(27)17-12-8-9-13-18(17)22(25)28/h5-7,10-11,17-19H,3-4,8-9,12-15H2,1-2H3,(H,23,26). The maximum Gasteiger partial charge on any atom is 0.240 e. The predicted molar refractivity (Wildman–Crippen MR) is 107 cm³/mol. The van der Waals surface area contributed by atoms with E-state index in [9.17, 15) is 14.4 Å². The van der Waals surface area contributed by atoms with Crippen molar-refractivity contribution >= 4 is 17.7 Å². The molecule has 0 aromatic heterocycles. The van der Waals surface area contributed by atoms with E-state index >= 15 is 0 Å². The minimum absolute atomic E-state index is 0.0627. The molecule has 3 amide bonds. The van der Waals surface area contributed by atoms with Crippen molar-refractivity contribution in [2.45, 2.75) is 45.6 Å². The van der Waals surface area contributed by atoms with Crippen molar-refractivity contribution in [2.24, 2.45) is 11.8 Å². The van der Waals surface area contributed by atoms with Crippen LogP contribution in [0.1, 0.15) is 51.1 Å². The molecule has 0 spiro atoms. The number of benzene rings is 1. The molecule has 6 heteroatoms. The summed E-state index contributed by atoms with van der Waals surface area (Å²) in [5, 5.41) is 2.95. The third-order valence-electron chi connectivity index (χ3n) is 6.16. The molecule has 0 radical (unpaired) electrons. The first kappa shape index (κ1) is 20.5. The van der Waals surface area contributed by atoms with Crippen LogP contribution in [0.15, 0.2) is 30.3 Å². The van der Waals surface area contributed by atoms with Crippen molar-refractivity contribution in [3.05, 3.63) is 35.9 Å². The first-order chi connectivity index (χ1) is 13.6. The number of hydrogen-bond acceptors (Lipinski definition) is 4. The van der Waals surface area contributed by atoms with E-state index in [2.05, 4.69) is 36.2 Å². The van der Waals surface area contributed by atoms with Gasteiger partial charge in [0.2, 0.25) is 17.7 Å². The Hall–Kier alpha value is -2.21. The normalized spacial score (nSPS) is 23.0. The minimum atomic E-state index is -0.270. The number of nitrogens with one attached hydrogen (secondary N) is 1. The number of likely N-dealkylation sites (N-methyl/N-ethyl adjacent to an activating group) is 1. The van der Waals surface area contributed by atoms with Crippen molar-refractivity contribution in [1.82, 2.24) is 15.1 Å². The number of carbonyl (C=O) groups excluding carboxylic acids is 3. The Labute approximate surface area is 167 Å². The zero-order valence-corrected chi connectivity index (χ0v) is 16.9. The second-order valence-electron chi connectivity index (χ2n) is 7.71. The van der Waals surface area contributed by atoms with Crippen LogP contribution in [0, 0.1) is 11.8 Å². The molecule has 3 rings (SSSR count). The molecule has 1 N–H and O–H groups in total. The van der Waals surface area contributed by atoms with Gasteiger partial charge in [0.25, 0.3) is 0 Å². The van der Waals surface area contributed by atoms with E-state index in [1.807, 2.05) is 18.2 Å². The fourth-order valence-electron chi connectivity index (χ4n) is 4.59. The van der Waals surface area contributed by atoms with E-state index in [1.165, 1.54) is 4.90 Å². The van der Waals surface area contributed by atoms with E-state index in [1.54, 1.807) is 0 Å². The molecule has 1 aromatic carbocycles. The van der Waals surface area contributed by atoms with Gasteiger partial charge in [-0.2, -0.15) is 0 Å². The topological polar surface area (TPSA) is 69.7 Å². The Kier molecular flexibility index (Phi) is 6.83. The Morgan fingerprint density at radius 1 is 1.07 bits per heavy atom. The molecule has 2 aliphatic rings. The van der Waals surface area contributed by atoms with Crippen LogP contribution in [-0.2, 0) is 14.4 Å². The number of amides is 3. The second kappa shape index (κ2) is 9.32. The predicted octanol–water partition coefficient (Wildman–Crippen LogP) is 2.36. The maximum absolute atomic E-state index is 12.6. The van der Waals surface area contributed by atoms with Gasteiger partial charge in [0, 0.05) is 6.54 Å². The number of carbonyl (C=O) groups is 3. The van der Waals surface area contributed by atoms with Gasteiger partial charge in [-0.3, -0.25) is 24.2 Å². The molecule has 1 aliphatic heterocycles. The molecular weight excluding hydrogens is 354 g/mol. The molecule has 1 saturated carbocycles. The lowest BCUT2D eigenvalue weighted by Gasteiger charge is -2.30. The summed E-state index contributed by atoms with van der Waals surface area (Å²) in [7, 11) is 0. The summed E-state index contributed by atoms with van der Waals surface area (Å²) in [6.45, 7) is 6.24. The summed E-state index contributed by atoms with van der Waals surface area (Å²) in [4.78, 5) is 41.2. The first-order valence-corrected chi connectivity index (χ1v) is 10.5. The summed E-state index contributed by atoms with van der Waals surface area (Å²) < 4.78 is 0. The molecular formula is C22H31N3O3. The van der Waals surface area contributed by atoms with Crippen molar-refractivity contribution < 1.29 is 14.4 Å². The fourth-order valence-corrected chi connectivity index (χ4v) is 4.59. The molecule has 3 atom stereocenters. The molecule has 1 saturated heterocycles. The van der Waals surface area contributed by atoms with Crippen LogP contribution in [-0.4, -0.2) is 53.7 Å². The third kappa shape index (κ3) is 4.27. The highest BCUT2D eigenvalue weighted by molar-refractivity contribution is 6.07. The van der Waals surface area contributed by atoms with Crippen LogP contribution < -0.4 is 5.32 Å². The number of imide groups is 1. The van der Waals surface area contributed by atoms with Crippen molar-refractivity contribution in [3.63, 3.8) is 0 Å². The lowest BCUT2D eigenvalue weighted by atomic mass is 9.81. The zero-order valence-electron chi connectivity index (χ0n) is 16.9. The number of likely N-dealkylation sites (tertiary alicyclic amines) is 1. The van der Waals surface area contributed by atoms with Gasteiger partial charge in [-0.05, 0) is 31.5 Å². The van der Waals surface area contributed by atoms with Gasteiger partial charge in [-0.1, -0.05) is 57.0 Å². The largest absolute Gasteiger partial charge is 0.353 e. The van der Waals surface area contributed by atoms with Crippen molar-refractivity contribution in [3.8, 4) is 0 Å². The molecule has 152 valence electrons. The molecule has 0 bridgehead atoms. The molecule has 1 aromatic rings. The molecule has 2 fully saturated rings. The quantitative estimate of drug-likeness (QED) is 0.698. The van der Waals surface area contributed by atoms with Gasteiger partial charge in [-0.25, -0.2) is 0 Å². The third-order valence-corrected chi connectivity index (χ3v) is 6.16. The van der Waals surface area contributed by atoms with Crippen LogP contribution in [0.25, 0.3) is 0 Å². The van der Waals surface area contributed by atoms with E-state index < -0.39 is 0 Å². The monoisotopic (exact) mass is 385 g/mol. The van der Waals surface area contributed by atoms with Crippen LogP contribution in [0.3, 0.4) is 0 Å². The lowest BCUT2D eigenvalue weighted by molar-refractivity contribution is -0.143. The number of hydrogen-bond donors (Lipinski definition) is 1. The fraction of sp³-hybridized carbons (Fsp3) is 0.591. The maximum atomic E-state index is 12.6. The highest BCUT2D eigenvalue weighted by atomic mass is 16.2. The number of fused-ring (bicyclic) bond motifs is 1. The number of rotatable bonds is 8. The van der Waals surface area contributed by atoms with Gasteiger partial charge < -0.3 is 5.32 Å². The first-order valence-electron chi connectivity index (χ1n) is 10.5. The summed E-state index contributed by atoms with van der Waals surface area (Å²) >= 11 is 0. The van der Waals surface area contributed by atoms with Crippen molar-refractivity contribution in [2.75, 3.05) is 26.2 Å². The summed E-state index contributed by atoms with van der Waals surface area (Å²) in [6, 6.07) is 10.2. The molecule has 28 heavy (non-hydrogen) atoms. The van der Waals surface area contributed by atoms with Crippen molar-refractivity contribution in [1.29, 1.82) is 0 Å². The highest BCUT2D eigenvalue weighted by Gasteiger charge is 2.48. The van der Waals surface area contributed by atoms with Gasteiger partial charge in [-0.15, -0.1) is 0 Å². The van der Waals surface area contributed by atoms with Crippen LogP contribution in [0.4, 0.5) is 0 Å². The Balaban J connectivity index is 1.62. The van der Waals surface area contributed by atoms with Crippen LogP contribution in [0.2, 0.25) is 0 Å². The van der Waals surface area contributed by atoms with Gasteiger partial charge in [0.15, 0.2) is 0 Å². The highest BCUT2D eigenvalue weighted by Crippen LogP contribution is 2.37. The van der Waals surface area contributed by atoms with E-state index in [0.29, 0.717) is 6.54 Å². The lowest BCUT2D eigenvalue weighted by Crippen LogP contribution is -2.44. The molecule has 1 aliphatic carbocycles. The molecule has 3 unspecified atom stereocenters. The van der Waals surface area contributed by atoms with Gasteiger partial charge in [0.1, 0.15) is 6.54 Å². The van der Waals surface area contributed by atoms with Gasteiger partial charge >= 0.3 is 0 Å². The summed E-state index contributed by atoms with van der Waals surface area (Å²) in [6.07, 6.45) is 3.52. The average molecular weight is 386 g/mol. The summed E-state index contributed by atoms with van der Waals surface area (Å²) in [5.41, 5.74) is 1.14. The average Bonchev–Trinajstić information content (AvgIpc) is 2.97. The zero-order chi connectivity index (χ0) is 20.1. The molecule has 1 heterocycles. The number of nitrogens with zero attached hydrogens (tertiary/aromatic N) is 2. The smallest absolute Gasteiger partial charge is 0.240 e. The van der Waals surface area contributed by atoms with Gasteiger partial charge in [0.05, 0.1) is 17.9 Å².